The summed E-state index contributed by atoms with van der Waals surface area (Å²) in [5, 5.41) is 8.06. The Bertz CT molecular complexity index is 1440. The van der Waals surface area contributed by atoms with Crippen LogP contribution in [0.1, 0.15) is 45.7 Å². The predicted octanol–water partition coefficient (Wildman–Crippen LogP) is 5.98. The van der Waals surface area contributed by atoms with E-state index in [1.165, 1.54) is 0 Å². The van der Waals surface area contributed by atoms with Crippen molar-refractivity contribution in [2.45, 2.75) is 63.6 Å². The van der Waals surface area contributed by atoms with Gasteiger partial charge >= 0.3 is 0 Å². The number of nitrogens with one attached hydrogen (secondary N) is 1. The van der Waals surface area contributed by atoms with Crippen LogP contribution in [0.4, 0.5) is 5.69 Å². The molecule has 4 rings (SSSR count). The number of rotatable bonds is 7. The summed E-state index contributed by atoms with van der Waals surface area (Å²) in [4.78, 5) is 17.8. The Kier molecular flexibility index (Phi) is 7.26. The summed E-state index contributed by atoms with van der Waals surface area (Å²) in [5.41, 5.74) is 3.09. The fraction of sp³-hybridized carbons (Fsp3) is 0.321. The maximum absolute atomic E-state index is 12.6. The number of carbonyl (C=O) groups excluding carboxylic acids is 1. The standard InChI is InChI=1S/C28H32N4O3S/c1-18(2)36(34)22-8-9-24-23(15-22)26(11-12-29-24)35-25-10-7-20(13-19(25)3)14-27(33)31-21-16-30-32(17-21)28(4,5)6/h7-13,15-18H,14H2,1-6H3,(H,31,33). The van der Waals surface area contributed by atoms with E-state index >= 15 is 0 Å². The van der Waals surface area contributed by atoms with E-state index in [4.69, 9.17) is 4.74 Å². The topological polar surface area (TPSA) is 86.1 Å². The third kappa shape index (κ3) is 5.82. The summed E-state index contributed by atoms with van der Waals surface area (Å²) in [6.07, 6.45) is 5.44. The van der Waals surface area contributed by atoms with Gasteiger partial charge in [-0.1, -0.05) is 26.0 Å². The highest BCUT2D eigenvalue weighted by Gasteiger charge is 2.16. The van der Waals surface area contributed by atoms with Crippen molar-refractivity contribution in [1.29, 1.82) is 0 Å². The Morgan fingerprint density at radius 1 is 1.11 bits per heavy atom. The molecular weight excluding hydrogens is 472 g/mol. The maximum atomic E-state index is 12.6. The van der Waals surface area contributed by atoms with Gasteiger partial charge in [-0.2, -0.15) is 5.10 Å². The van der Waals surface area contributed by atoms with Crippen LogP contribution in [0, 0.1) is 6.92 Å². The zero-order valence-electron chi connectivity index (χ0n) is 21.5. The minimum absolute atomic E-state index is 0.0187. The number of carbonyl (C=O) groups is 1. The lowest BCUT2D eigenvalue weighted by molar-refractivity contribution is -0.115. The van der Waals surface area contributed by atoms with Crippen molar-refractivity contribution < 1.29 is 13.7 Å². The molecule has 0 bridgehead atoms. The molecule has 2 aromatic carbocycles. The number of pyridine rings is 1. The number of aromatic nitrogens is 3. The molecule has 1 N–H and O–H groups in total. The molecule has 7 nitrogen and oxygen atoms in total. The number of hydrogen-bond acceptors (Lipinski definition) is 5. The molecule has 0 spiro atoms. The first-order valence-corrected chi connectivity index (χ1v) is 13.1. The molecular formula is C28H32N4O3S. The van der Waals surface area contributed by atoms with E-state index in [9.17, 15) is 9.00 Å². The molecule has 36 heavy (non-hydrogen) atoms. The summed E-state index contributed by atoms with van der Waals surface area (Å²) < 4.78 is 20.7. The quantitative estimate of drug-likeness (QED) is 0.334. The third-order valence-corrected chi connectivity index (χ3v) is 7.29. The van der Waals surface area contributed by atoms with Crippen LogP contribution in [-0.4, -0.2) is 30.1 Å². The van der Waals surface area contributed by atoms with Gasteiger partial charge in [0.1, 0.15) is 11.5 Å². The molecule has 0 saturated heterocycles. The first-order valence-electron chi connectivity index (χ1n) is 11.9. The summed E-state index contributed by atoms with van der Waals surface area (Å²) in [6, 6.07) is 13.1. The van der Waals surface area contributed by atoms with Crippen molar-refractivity contribution in [3.63, 3.8) is 0 Å². The monoisotopic (exact) mass is 504 g/mol. The number of aryl methyl sites for hydroxylation is 1. The van der Waals surface area contributed by atoms with E-state index in [1.807, 2.05) is 74.1 Å². The lowest BCUT2D eigenvalue weighted by atomic mass is 10.1. The van der Waals surface area contributed by atoms with Crippen LogP contribution in [-0.2, 0) is 27.6 Å². The second-order valence-corrected chi connectivity index (χ2v) is 12.1. The van der Waals surface area contributed by atoms with Crippen molar-refractivity contribution in [3.05, 3.63) is 72.2 Å². The van der Waals surface area contributed by atoms with E-state index in [-0.39, 0.29) is 23.1 Å². The first-order chi connectivity index (χ1) is 17.0. The summed E-state index contributed by atoms with van der Waals surface area (Å²) >= 11 is 0. The normalized spacial score (nSPS) is 12.6. The number of nitrogens with zero attached hydrogens (tertiary/aromatic N) is 3. The van der Waals surface area contributed by atoms with E-state index in [0.717, 1.165) is 26.9 Å². The second kappa shape index (κ2) is 10.2. The highest BCUT2D eigenvalue weighted by Crippen LogP contribution is 2.32. The molecule has 0 saturated carbocycles. The van der Waals surface area contributed by atoms with Crippen molar-refractivity contribution in [2.75, 3.05) is 5.32 Å². The van der Waals surface area contributed by atoms with Crippen molar-refractivity contribution >= 4 is 33.3 Å². The summed E-state index contributed by atoms with van der Waals surface area (Å²) in [5.74, 6) is 1.22. The molecule has 2 aromatic heterocycles. The van der Waals surface area contributed by atoms with Gasteiger partial charge in [-0.3, -0.25) is 18.7 Å². The van der Waals surface area contributed by atoms with E-state index in [2.05, 4.69) is 36.2 Å². The highest BCUT2D eigenvalue weighted by molar-refractivity contribution is 7.85. The van der Waals surface area contributed by atoms with Gasteiger partial charge in [0, 0.05) is 27.9 Å². The van der Waals surface area contributed by atoms with Gasteiger partial charge in [0.2, 0.25) is 5.91 Å². The fourth-order valence-electron chi connectivity index (χ4n) is 3.79. The van der Waals surface area contributed by atoms with Gasteiger partial charge in [-0.05, 0) is 69.2 Å². The first kappa shape index (κ1) is 25.6. The number of fused-ring (bicyclic) bond motifs is 1. The van der Waals surface area contributed by atoms with Gasteiger partial charge in [-0.25, -0.2) is 0 Å². The average Bonchev–Trinajstić information content (AvgIpc) is 3.29. The lowest BCUT2D eigenvalue weighted by Gasteiger charge is -2.18. The van der Waals surface area contributed by atoms with Crippen LogP contribution in [0.15, 0.2) is 66.0 Å². The van der Waals surface area contributed by atoms with Crippen LogP contribution in [0.3, 0.4) is 0 Å². The Hall–Kier alpha value is -3.52. The molecule has 4 aromatic rings. The fourth-order valence-corrected chi connectivity index (χ4v) is 4.77. The number of ether oxygens (including phenoxy) is 1. The Balaban J connectivity index is 1.49. The van der Waals surface area contributed by atoms with E-state index < -0.39 is 10.8 Å². The molecule has 2 heterocycles. The number of amides is 1. The minimum Gasteiger partial charge on any atom is -0.456 e. The average molecular weight is 505 g/mol. The van der Waals surface area contributed by atoms with Crippen molar-refractivity contribution in [1.82, 2.24) is 14.8 Å². The molecule has 188 valence electrons. The van der Waals surface area contributed by atoms with Gasteiger partial charge in [-0.15, -0.1) is 0 Å². The molecule has 1 atom stereocenters. The molecule has 0 aliphatic rings. The lowest BCUT2D eigenvalue weighted by Crippen LogP contribution is -2.22. The molecule has 1 unspecified atom stereocenters. The third-order valence-electron chi connectivity index (χ3n) is 5.71. The van der Waals surface area contributed by atoms with Crippen molar-refractivity contribution in [3.8, 4) is 11.5 Å². The maximum Gasteiger partial charge on any atom is 0.228 e. The Morgan fingerprint density at radius 3 is 2.56 bits per heavy atom. The van der Waals surface area contributed by atoms with Crippen LogP contribution in [0.5, 0.6) is 11.5 Å². The molecule has 0 fully saturated rings. The highest BCUT2D eigenvalue weighted by atomic mass is 32.2. The largest absolute Gasteiger partial charge is 0.456 e. The summed E-state index contributed by atoms with van der Waals surface area (Å²) in [7, 11) is -1.10. The molecule has 0 aliphatic carbocycles. The Labute approximate surface area is 214 Å². The SMILES string of the molecule is Cc1cc(CC(=O)Nc2cnn(C(C)(C)C)c2)ccc1Oc1ccnc2ccc(S(=O)C(C)C)cc12. The molecule has 0 radical (unpaired) electrons. The number of hydrogen-bond donors (Lipinski definition) is 1. The zero-order valence-corrected chi connectivity index (χ0v) is 22.3. The van der Waals surface area contributed by atoms with Gasteiger partial charge in [0.15, 0.2) is 0 Å². The van der Waals surface area contributed by atoms with Gasteiger partial charge in [0.05, 0.1) is 40.2 Å². The van der Waals surface area contributed by atoms with E-state index in [1.54, 1.807) is 12.4 Å². The Morgan fingerprint density at radius 2 is 1.89 bits per heavy atom. The van der Waals surface area contributed by atoms with Crippen LogP contribution >= 0.6 is 0 Å². The molecule has 8 heteroatoms. The van der Waals surface area contributed by atoms with Gasteiger partial charge in [0.25, 0.3) is 0 Å². The van der Waals surface area contributed by atoms with E-state index in [0.29, 0.717) is 17.2 Å². The molecule has 1 amide bonds. The smallest absolute Gasteiger partial charge is 0.228 e. The number of anilines is 1. The number of benzene rings is 2. The van der Waals surface area contributed by atoms with Crippen LogP contribution in [0.25, 0.3) is 10.9 Å². The summed E-state index contributed by atoms with van der Waals surface area (Å²) in [6.45, 7) is 12.0. The van der Waals surface area contributed by atoms with Crippen LogP contribution in [0.2, 0.25) is 0 Å². The van der Waals surface area contributed by atoms with Crippen molar-refractivity contribution in [2.24, 2.45) is 0 Å². The van der Waals surface area contributed by atoms with Gasteiger partial charge < -0.3 is 10.1 Å². The minimum atomic E-state index is -1.10. The zero-order chi connectivity index (χ0) is 26.0. The predicted molar refractivity (Wildman–Crippen MR) is 144 cm³/mol. The van der Waals surface area contributed by atoms with Crippen LogP contribution < -0.4 is 10.1 Å². The second-order valence-electron chi connectivity index (χ2n) is 10.1. The molecule has 0 aliphatic heterocycles.